The Labute approximate surface area is 207 Å². The van der Waals surface area contributed by atoms with Gasteiger partial charge in [-0.05, 0) is 110 Å². The van der Waals surface area contributed by atoms with Gasteiger partial charge in [0, 0.05) is 13.5 Å². The molecule has 0 aromatic carbocycles. The lowest BCUT2D eigenvalue weighted by molar-refractivity contribution is -0.177. The molecule has 5 aliphatic rings. The summed E-state index contributed by atoms with van der Waals surface area (Å²) < 4.78 is 6.01. The SMILES string of the molecule is CO[C@H]1CC[C@@]2(C)[C@@H](CC[C@@]3(C)CC4=CC[C@@H]5[C@](C)(CCC(=O)[C@]5(C)C=O)[C@H]4CC[C@@H]32)C1(C)C. The summed E-state index contributed by atoms with van der Waals surface area (Å²) in [6, 6.07) is 0. The summed E-state index contributed by atoms with van der Waals surface area (Å²) in [4.78, 5) is 25.1. The third-order valence-corrected chi connectivity index (χ3v) is 12.9. The van der Waals surface area contributed by atoms with Crippen molar-refractivity contribution in [3.8, 4) is 0 Å². The van der Waals surface area contributed by atoms with E-state index in [0.717, 1.165) is 25.0 Å². The van der Waals surface area contributed by atoms with Gasteiger partial charge < -0.3 is 9.53 Å². The van der Waals surface area contributed by atoms with Crippen molar-refractivity contribution in [3.05, 3.63) is 11.6 Å². The Morgan fingerprint density at radius 2 is 1.62 bits per heavy atom. The number of aldehydes is 1. The molecule has 0 radical (unpaired) electrons. The molecular formula is C31H48O3. The fraction of sp³-hybridized carbons (Fsp3) is 0.871. The standard InChI is InChI=1S/C31H48O3/c1-27(2)22-12-15-28(3)18-20-8-10-24-29(4,16-13-25(33)31(24,6)19-32)21(20)9-11-23(28)30(22,5)17-14-26(27)34-7/h8,19,21-24,26H,9-18H2,1-7H3/t21-,22-,23-,24+,26-,28-,29+,30-,31+/m0/s1. The molecule has 3 nitrogen and oxygen atoms in total. The number of carbonyl (C=O) groups excluding carboxylic acids is 2. The zero-order valence-electron chi connectivity index (χ0n) is 22.8. The Bertz CT molecular complexity index is 902. The lowest BCUT2D eigenvalue weighted by Gasteiger charge is -2.64. The molecule has 5 aliphatic carbocycles. The number of Topliss-reactive ketones (excluding diaryl/α,β-unsaturated/α-hetero) is 1. The first-order valence-electron chi connectivity index (χ1n) is 14.1. The summed E-state index contributed by atoms with van der Waals surface area (Å²) in [5.74, 6) is 2.28. The molecule has 0 amide bonds. The molecule has 0 aromatic rings. The van der Waals surface area contributed by atoms with Gasteiger partial charge in [-0.2, -0.15) is 0 Å². The number of allylic oxidation sites excluding steroid dienone is 2. The molecule has 0 heterocycles. The van der Waals surface area contributed by atoms with Crippen molar-refractivity contribution in [2.45, 2.75) is 112 Å². The minimum atomic E-state index is -0.808. The predicted octanol–water partition coefficient (Wildman–Crippen LogP) is 7.18. The Hall–Kier alpha value is -0.960. The van der Waals surface area contributed by atoms with Gasteiger partial charge in [0.05, 0.1) is 11.5 Å². The van der Waals surface area contributed by atoms with Gasteiger partial charge in [0.2, 0.25) is 0 Å². The maximum Gasteiger partial charge on any atom is 0.146 e. The highest BCUT2D eigenvalue weighted by atomic mass is 16.5. The lowest BCUT2D eigenvalue weighted by atomic mass is 9.42. The van der Waals surface area contributed by atoms with Crippen LogP contribution < -0.4 is 0 Å². The Balaban J connectivity index is 1.50. The number of methoxy groups -OCH3 is 1. The highest BCUT2D eigenvalue weighted by Crippen LogP contribution is 2.70. The molecule has 9 atom stereocenters. The number of rotatable bonds is 2. The van der Waals surface area contributed by atoms with Crippen molar-refractivity contribution in [1.82, 2.24) is 0 Å². The largest absolute Gasteiger partial charge is 0.381 e. The van der Waals surface area contributed by atoms with Crippen LogP contribution in [-0.4, -0.2) is 25.3 Å². The van der Waals surface area contributed by atoms with E-state index in [4.69, 9.17) is 4.74 Å². The number of carbonyl (C=O) groups is 2. The fourth-order valence-corrected chi connectivity index (χ4v) is 11.1. The molecule has 0 spiro atoms. The molecule has 0 N–H and O–H groups in total. The zero-order chi connectivity index (χ0) is 24.7. The van der Waals surface area contributed by atoms with Crippen LogP contribution in [0, 0.1) is 50.7 Å². The van der Waals surface area contributed by atoms with Crippen LogP contribution in [0.2, 0.25) is 0 Å². The molecule has 190 valence electrons. The first-order chi connectivity index (χ1) is 15.9. The molecule has 0 saturated heterocycles. The van der Waals surface area contributed by atoms with Gasteiger partial charge in [-0.15, -0.1) is 0 Å². The van der Waals surface area contributed by atoms with Crippen molar-refractivity contribution in [2.24, 2.45) is 50.7 Å². The van der Waals surface area contributed by atoms with Gasteiger partial charge in [-0.25, -0.2) is 0 Å². The smallest absolute Gasteiger partial charge is 0.146 e. The number of fused-ring (bicyclic) bond motifs is 6. The van der Waals surface area contributed by atoms with Crippen LogP contribution in [0.4, 0.5) is 0 Å². The van der Waals surface area contributed by atoms with E-state index in [1.807, 2.05) is 14.0 Å². The first-order valence-corrected chi connectivity index (χ1v) is 14.1. The highest BCUT2D eigenvalue weighted by Gasteiger charge is 2.63. The molecule has 3 heteroatoms. The predicted molar refractivity (Wildman–Crippen MR) is 136 cm³/mol. The Morgan fingerprint density at radius 3 is 2.29 bits per heavy atom. The normalized spacial score (nSPS) is 52.3. The van der Waals surface area contributed by atoms with E-state index in [1.165, 1.54) is 44.9 Å². The van der Waals surface area contributed by atoms with E-state index in [9.17, 15) is 9.59 Å². The first kappa shape index (κ1) is 24.7. The summed E-state index contributed by atoms with van der Waals surface area (Å²) >= 11 is 0. The molecule has 4 fully saturated rings. The van der Waals surface area contributed by atoms with Gasteiger partial charge in [0.15, 0.2) is 0 Å². The second kappa shape index (κ2) is 7.77. The third kappa shape index (κ3) is 3.10. The molecule has 0 unspecified atom stereocenters. The fourth-order valence-electron chi connectivity index (χ4n) is 11.1. The minimum Gasteiger partial charge on any atom is -0.381 e. The van der Waals surface area contributed by atoms with Crippen LogP contribution in [0.25, 0.3) is 0 Å². The maximum absolute atomic E-state index is 12.9. The van der Waals surface area contributed by atoms with Crippen LogP contribution in [0.15, 0.2) is 11.6 Å². The van der Waals surface area contributed by atoms with Crippen molar-refractivity contribution in [3.63, 3.8) is 0 Å². The van der Waals surface area contributed by atoms with Gasteiger partial charge in [-0.3, -0.25) is 4.79 Å². The molecule has 0 aromatic heterocycles. The van der Waals surface area contributed by atoms with Gasteiger partial charge in [0.25, 0.3) is 0 Å². The molecular weight excluding hydrogens is 420 g/mol. The third-order valence-electron chi connectivity index (χ3n) is 12.9. The number of ether oxygens (including phenoxy) is 1. The van der Waals surface area contributed by atoms with E-state index in [-0.39, 0.29) is 22.5 Å². The van der Waals surface area contributed by atoms with Crippen LogP contribution >= 0.6 is 0 Å². The van der Waals surface area contributed by atoms with E-state index in [1.54, 1.807) is 5.57 Å². The number of hydrogen-bond donors (Lipinski definition) is 0. The van der Waals surface area contributed by atoms with E-state index in [0.29, 0.717) is 35.2 Å². The van der Waals surface area contributed by atoms with Gasteiger partial charge in [0.1, 0.15) is 12.1 Å². The average molecular weight is 469 g/mol. The molecule has 5 rings (SSSR count). The summed E-state index contributed by atoms with van der Waals surface area (Å²) in [6.07, 6.45) is 15.1. The maximum atomic E-state index is 12.9. The van der Waals surface area contributed by atoms with E-state index >= 15 is 0 Å². The van der Waals surface area contributed by atoms with Crippen LogP contribution in [0.3, 0.4) is 0 Å². The summed E-state index contributed by atoms with van der Waals surface area (Å²) in [5, 5.41) is 0. The topological polar surface area (TPSA) is 43.4 Å². The summed E-state index contributed by atoms with van der Waals surface area (Å²) in [5.41, 5.74) is 1.85. The van der Waals surface area contributed by atoms with Crippen molar-refractivity contribution >= 4 is 12.1 Å². The average Bonchev–Trinajstić information content (AvgIpc) is 2.93. The second-order valence-corrected chi connectivity index (χ2v) is 14.6. The van der Waals surface area contributed by atoms with Crippen molar-refractivity contribution in [1.29, 1.82) is 0 Å². The van der Waals surface area contributed by atoms with E-state index < -0.39 is 5.41 Å². The monoisotopic (exact) mass is 468 g/mol. The number of hydrogen-bond acceptors (Lipinski definition) is 3. The van der Waals surface area contributed by atoms with Crippen molar-refractivity contribution < 1.29 is 14.3 Å². The highest BCUT2D eigenvalue weighted by molar-refractivity contribution is 5.99. The summed E-state index contributed by atoms with van der Waals surface area (Å²) in [7, 11) is 1.91. The van der Waals surface area contributed by atoms with Crippen LogP contribution in [0.5, 0.6) is 0 Å². The van der Waals surface area contributed by atoms with Crippen molar-refractivity contribution in [2.75, 3.05) is 7.11 Å². The Kier molecular flexibility index (Phi) is 5.65. The van der Waals surface area contributed by atoms with Gasteiger partial charge >= 0.3 is 0 Å². The number of ketones is 1. The van der Waals surface area contributed by atoms with Crippen LogP contribution in [-0.2, 0) is 14.3 Å². The van der Waals surface area contributed by atoms with Gasteiger partial charge in [-0.1, -0.05) is 46.3 Å². The molecule has 4 saturated carbocycles. The van der Waals surface area contributed by atoms with E-state index in [2.05, 4.69) is 40.7 Å². The minimum absolute atomic E-state index is 0.0603. The lowest BCUT2D eigenvalue weighted by Crippen LogP contribution is -2.58. The zero-order valence-corrected chi connectivity index (χ0v) is 22.8. The second-order valence-electron chi connectivity index (χ2n) is 14.6. The molecule has 0 bridgehead atoms. The summed E-state index contributed by atoms with van der Waals surface area (Å²) in [6.45, 7) is 14.5. The molecule has 34 heavy (non-hydrogen) atoms. The molecule has 0 aliphatic heterocycles. The van der Waals surface area contributed by atoms with Crippen LogP contribution in [0.1, 0.15) is 106 Å². The Morgan fingerprint density at radius 1 is 0.882 bits per heavy atom. The quantitative estimate of drug-likeness (QED) is 0.245.